The van der Waals surface area contributed by atoms with E-state index in [9.17, 15) is 4.79 Å². The summed E-state index contributed by atoms with van der Waals surface area (Å²) in [6.45, 7) is 2.53. The van der Waals surface area contributed by atoms with Crippen molar-refractivity contribution in [2.75, 3.05) is 6.61 Å². The number of pyridine rings is 1. The smallest absolute Gasteiger partial charge is 0.417 e. The normalized spacial score (nSPS) is 11.1. The van der Waals surface area contributed by atoms with Crippen molar-refractivity contribution in [3.8, 4) is 5.75 Å². The van der Waals surface area contributed by atoms with Crippen LogP contribution in [0.5, 0.6) is 5.75 Å². The zero-order chi connectivity index (χ0) is 11.8. The number of hydrogen-bond donors (Lipinski definition) is 1. The van der Waals surface area contributed by atoms with Crippen molar-refractivity contribution in [2.45, 2.75) is 6.92 Å². The third-order valence-electron chi connectivity index (χ3n) is 2.53. The van der Waals surface area contributed by atoms with E-state index in [2.05, 4.69) is 9.97 Å². The molecule has 0 aliphatic rings. The van der Waals surface area contributed by atoms with Crippen molar-refractivity contribution in [1.29, 1.82) is 0 Å². The van der Waals surface area contributed by atoms with Crippen molar-refractivity contribution in [1.82, 2.24) is 9.97 Å². The molecule has 1 aromatic carbocycles. The van der Waals surface area contributed by atoms with Crippen molar-refractivity contribution < 1.29 is 9.15 Å². The quantitative estimate of drug-likeness (QED) is 0.731. The Morgan fingerprint density at radius 3 is 3.18 bits per heavy atom. The van der Waals surface area contributed by atoms with E-state index in [-0.39, 0.29) is 0 Å². The molecule has 0 unspecified atom stereocenters. The molecule has 3 aromatic rings. The SMILES string of the molecule is CCOc1ccc2c(c1)ncc1[nH]c(=O)oc12. The fourth-order valence-corrected chi connectivity index (χ4v) is 1.83. The predicted molar refractivity (Wildman–Crippen MR) is 63.3 cm³/mol. The van der Waals surface area contributed by atoms with Gasteiger partial charge in [0.05, 0.1) is 18.3 Å². The van der Waals surface area contributed by atoms with E-state index in [1.165, 1.54) is 0 Å². The first-order chi connectivity index (χ1) is 8.28. The van der Waals surface area contributed by atoms with Gasteiger partial charge in [0.2, 0.25) is 0 Å². The summed E-state index contributed by atoms with van der Waals surface area (Å²) in [4.78, 5) is 18.0. The van der Waals surface area contributed by atoms with Gasteiger partial charge in [-0.2, -0.15) is 0 Å². The highest BCUT2D eigenvalue weighted by molar-refractivity contribution is 6.00. The lowest BCUT2D eigenvalue weighted by Crippen LogP contribution is -1.92. The van der Waals surface area contributed by atoms with Crippen molar-refractivity contribution in [2.24, 2.45) is 0 Å². The Kier molecular flexibility index (Phi) is 2.11. The first-order valence-corrected chi connectivity index (χ1v) is 5.32. The van der Waals surface area contributed by atoms with Gasteiger partial charge in [0, 0.05) is 11.5 Å². The molecule has 2 aromatic heterocycles. The Labute approximate surface area is 96.0 Å². The lowest BCUT2D eigenvalue weighted by Gasteiger charge is -2.03. The molecule has 5 heteroatoms. The number of ether oxygens (including phenoxy) is 1. The van der Waals surface area contributed by atoms with Crippen LogP contribution in [0.25, 0.3) is 22.0 Å². The number of nitrogens with zero attached hydrogens (tertiary/aromatic N) is 1. The Bertz CT molecular complexity index is 742. The monoisotopic (exact) mass is 230 g/mol. The van der Waals surface area contributed by atoms with Crippen LogP contribution in [-0.2, 0) is 0 Å². The molecule has 0 aliphatic heterocycles. The van der Waals surface area contributed by atoms with E-state index < -0.39 is 5.76 Å². The molecule has 0 fully saturated rings. The molecule has 0 radical (unpaired) electrons. The number of nitrogens with one attached hydrogen (secondary N) is 1. The molecule has 1 N–H and O–H groups in total. The molecule has 0 amide bonds. The highest BCUT2D eigenvalue weighted by Crippen LogP contribution is 2.24. The van der Waals surface area contributed by atoms with E-state index in [4.69, 9.17) is 9.15 Å². The van der Waals surface area contributed by atoms with Crippen LogP contribution in [0.15, 0.2) is 33.6 Å². The number of hydrogen-bond acceptors (Lipinski definition) is 4. The molecule has 5 nitrogen and oxygen atoms in total. The van der Waals surface area contributed by atoms with E-state index in [0.717, 1.165) is 16.7 Å². The number of H-pyrrole nitrogens is 1. The predicted octanol–water partition coefficient (Wildman–Crippen LogP) is 2.07. The van der Waals surface area contributed by atoms with Crippen molar-refractivity contribution in [3.63, 3.8) is 0 Å². The first kappa shape index (κ1) is 9.89. The zero-order valence-electron chi connectivity index (χ0n) is 9.19. The molecule has 3 rings (SSSR count). The molecule has 86 valence electrons. The second-order valence-corrected chi connectivity index (χ2v) is 3.63. The molecule has 0 atom stereocenters. The lowest BCUT2D eigenvalue weighted by atomic mass is 10.2. The lowest BCUT2D eigenvalue weighted by molar-refractivity contribution is 0.340. The summed E-state index contributed by atoms with van der Waals surface area (Å²) in [5, 5.41) is 0.796. The van der Waals surface area contributed by atoms with Crippen LogP contribution >= 0.6 is 0 Å². The molecular formula is C12H10N2O3. The maximum Gasteiger partial charge on any atom is 0.417 e. The molecule has 0 saturated carbocycles. The number of oxazole rings is 1. The summed E-state index contributed by atoms with van der Waals surface area (Å²) in [5.41, 5.74) is 1.88. The number of benzene rings is 1. The van der Waals surface area contributed by atoms with Gasteiger partial charge in [-0.05, 0) is 19.1 Å². The van der Waals surface area contributed by atoms with Crippen LogP contribution in [0.4, 0.5) is 0 Å². The average Bonchev–Trinajstić information content (AvgIpc) is 2.70. The van der Waals surface area contributed by atoms with Gasteiger partial charge in [0.25, 0.3) is 0 Å². The zero-order valence-corrected chi connectivity index (χ0v) is 9.19. The van der Waals surface area contributed by atoms with Crippen LogP contribution in [0.2, 0.25) is 0 Å². The Balaban J connectivity index is 2.32. The van der Waals surface area contributed by atoms with Crippen LogP contribution in [-0.4, -0.2) is 16.6 Å². The average molecular weight is 230 g/mol. The molecule has 17 heavy (non-hydrogen) atoms. The standard InChI is InChI=1S/C12H10N2O3/c1-2-16-7-3-4-8-9(5-7)13-6-10-11(8)17-12(15)14-10/h3-6H,2H2,1H3,(H,14,15). The van der Waals surface area contributed by atoms with Crippen molar-refractivity contribution >= 4 is 22.0 Å². The van der Waals surface area contributed by atoms with Gasteiger partial charge < -0.3 is 9.15 Å². The second kappa shape index (κ2) is 3.62. The highest BCUT2D eigenvalue weighted by Gasteiger charge is 2.07. The van der Waals surface area contributed by atoms with Gasteiger partial charge in [0.15, 0.2) is 5.58 Å². The van der Waals surface area contributed by atoms with Gasteiger partial charge in [-0.3, -0.25) is 9.97 Å². The Hall–Kier alpha value is -2.30. The van der Waals surface area contributed by atoms with Crippen LogP contribution in [0.3, 0.4) is 0 Å². The summed E-state index contributed by atoms with van der Waals surface area (Å²) < 4.78 is 10.5. The first-order valence-electron chi connectivity index (χ1n) is 5.32. The van der Waals surface area contributed by atoms with E-state index in [1.807, 2.05) is 25.1 Å². The third-order valence-corrected chi connectivity index (χ3v) is 2.53. The minimum absolute atomic E-state index is 0.469. The van der Waals surface area contributed by atoms with Gasteiger partial charge >= 0.3 is 5.76 Å². The fourth-order valence-electron chi connectivity index (χ4n) is 1.83. The molecule has 0 aliphatic carbocycles. The second-order valence-electron chi connectivity index (χ2n) is 3.63. The fraction of sp³-hybridized carbons (Fsp3) is 0.167. The maximum atomic E-state index is 11.1. The molecule has 0 saturated heterocycles. The van der Waals surface area contributed by atoms with Gasteiger partial charge in [-0.1, -0.05) is 0 Å². The van der Waals surface area contributed by atoms with E-state index >= 15 is 0 Å². The Morgan fingerprint density at radius 2 is 2.35 bits per heavy atom. The largest absolute Gasteiger partial charge is 0.494 e. The summed E-state index contributed by atoms with van der Waals surface area (Å²) in [6, 6.07) is 5.50. The number of rotatable bonds is 2. The topological polar surface area (TPSA) is 68.1 Å². The van der Waals surface area contributed by atoms with Gasteiger partial charge in [-0.15, -0.1) is 0 Å². The summed E-state index contributed by atoms with van der Waals surface area (Å²) >= 11 is 0. The highest BCUT2D eigenvalue weighted by atomic mass is 16.5. The van der Waals surface area contributed by atoms with Gasteiger partial charge in [0.1, 0.15) is 11.3 Å². The van der Waals surface area contributed by atoms with E-state index in [1.54, 1.807) is 6.20 Å². The van der Waals surface area contributed by atoms with Crippen molar-refractivity contribution in [3.05, 3.63) is 34.9 Å². The van der Waals surface area contributed by atoms with Gasteiger partial charge in [-0.25, -0.2) is 4.79 Å². The van der Waals surface area contributed by atoms with E-state index in [0.29, 0.717) is 17.7 Å². The van der Waals surface area contributed by atoms with Crippen LogP contribution in [0.1, 0.15) is 6.92 Å². The molecule has 0 bridgehead atoms. The maximum absolute atomic E-state index is 11.1. The molecule has 2 heterocycles. The number of aromatic nitrogens is 2. The minimum Gasteiger partial charge on any atom is -0.494 e. The Morgan fingerprint density at radius 1 is 1.47 bits per heavy atom. The summed E-state index contributed by atoms with van der Waals surface area (Å²) in [5.74, 6) is 0.285. The number of fused-ring (bicyclic) bond motifs is 3. The summed E-state index contributed by atoms with van der Waals surface area (Å²) in [6.07, 6.45) is 1.58. The summed E-state index contributed by atoms with van der Waals surface area (Å²) in [7, 11) is 0. The minimum atomic E-state index is -0.469. The van der Waals surface area contributed by atoms with Crippen LogP contribution < -0.4 is 10.5 Å². The van der Waals surface area contributed by atoms with Crippen LogP contribution in [0, 0.1) is 0 Å². The molecular weight excluding hydrogens is 220 g/mol. The number of aromatic amines is 1. The third kappa shape index (κ3) is 1.56. The molecule has 0 spiro atoms.